The largest absolute Gasteiger partial charge is 0.756 e. The summed E-state index contributed by atoms with van der Waals surface area (Å²) in [5, 5.41) is 13.8. The summed E-state index contributed by atoms with van der Waals surface area (Å²) < 4.78 is 23.3. The number of phosphoric ester groups is 1. The summed E-state index contributed by atoms with van der Waals surface area (Å²) in [4.78, 5) is 25.4. The molecule has 0 rings (SSSR count). The maximum absolute atomic E-state index is 12.9. The first-order valence-electron chi connectivity index (χ1n) is 26.4. The van der Waals surface area contributed by atoms with E-state index in [-0.39, 0.29) is 19.1 Å². The second-order valence-corrected chi connectivity index (χ2v) is 20.7. The molecule has 0 saturated heterocycles. The molecule has 3 unspecified atom stereocenters. The van der Waals surface area contributed by atoms with Crippen LogP contribution in [0.15, 0.2) is 36.5 Å². The number of aliphatic hydroxyl groups is 1. The Labute approximate surface area is 385 Å². The van der Waals surface area contributed by atoms with Gasteiger partial charge >= 0.3 is 0 Å². The lowest BCUT2D eigenvalue weighted by Crippen LogP contribution is -2.45. The number of phosphoric acid groups is 1. The number of carbonyl (C=O) groups excluding carboxylic acids is 1. The van der Waals surface area contributed by atoms with Crippen molar-refractivity contribution in [3.63, 3.8) is 0 Å². The zero-order valence-corrected chi connectivity index (χ0v) is 42.5. The molecule has 0 saturated carbocycles. The molecule has 62 heavy (non-hydrogen) atoms. The number of carbonyl (C=O) groups is 1. The van der Waals surface area contributed by atoms with Gasteiger partial charge in [0.1, 0.15) is 13.2 Å². The van der Waals surface area contributed by atoms with E-state index >= 15 is 0 Å². The van der Waals surface area contributed by atoms with Crippen LogP contribution in [0.4, 0.5) is 0 Å². The molecule has 0 aliphatic carbocycles. The molecule has 0 spiro atoms. The Kier molecular flexibility index (Phi) is 44.0. The fourth-order valence-electron chi connectivity index (χ4n) is 7.67. The number of allylic oxidation sites excluding steroid dienone is 5. The lowest BCUT2D eigenvalue weighted by Gasteiger charge is -2.29. The number of likely N-dealkylation sites (N-methyl/N-ethyl adjacent to an activating group) is 1. The van der Waals surface area contributed by atoms with E-state index in [9.17, 15) is 19.4 Å². The van der Waals surface area contributed by atoms with E-state index in [0.29, 0.717) is 17.4 Å². The van der Waals surface area contributed by atoms with E-state index in [1.54, 1.807) is 6.08 Å². The Morgan fingerprint density at radius 3 is 1.34 bits per heavy atom. The van der Waals surface area contributed by atoms with Gasteiger partial charge in [-0.05, 0) is 44.9 Å². The zero-order chi connectivity index (χ0) is 45.7. The van der Waals surface area contributed by atoms with E-state index in [1.807, 2.05) is 27.2 Å². The molecule has 0 aromatic carbocycles. The first kappa shape index (κ1) is 60.7. The van der Waals surface area contributed by atoms with Crippen LogP contribution in [0.25, 0.3) is 0 Å². The Hall–Kier alpha value is -1.28. The van der Waals surface area contributed by atoms with Crippen molar-refractivity contribution in [1.82, 2.24) is 5.32 Å². The first-order valence-corrected chi connectivity index (χ1v) is 27.8. The predicted octanol–water partition coefficient (Wildman–Crippen LogP) is 14.8. The number of rotatable bonds is 48. The maximum atomic E-state index is 12.9. The molecule has 0 aliphatic rings. The van der Waals surface area contributed by atoms with Gasteiger partial charge in [-0.15, -0.1) is 0 Å². The minimum absolute atomic E-state index is 0.00341. The molecule has 2 N–H and O–H groups in total. The third-order valence-corrected chi connectivity index (χ3v) is 12.8. The smallest absolute Gasteiger partial charge is 0.268 e. The highest BCUT2D eigenvalue weighted by Gasteiger charge is 2.23. The molecule has 9 heteroatoms. The van der Waals surface area contributed by atoms with Crippen molar-refractivity contribution in [3.8, 4) is 0 Å². The Balaban J connectivity index is 4.24. The van der Waals surface area contributed by atoms with Crippen LogP contribution >= 0.6 is 7.82 Å². The fraction of sp³-hybridized carbons (Fsp3) is 0.868. The minimum Gasteiger partial charge on any atom is -0.756 e. The lowest BCUT2D eigenvalue weighted by molar-refractivity contribution is -0.870. The van der Waals surface area contributed by atoms with Crippen LogP contribution < -0.4 is 10.2 Å². The summed E-state index contributed by atoms with van der Waals surface area (Å²) in [7, 11) is 1.26. The standard InChI is InChI=1S/C53H103N2O6P/c1-6-8-10-12-14-16-18-20-22-23-24-25-26-27-28-29-30-31-33-34-36-38-40-42-44-46-52(56)51(50-61-62(58,59)60-49-48-55(3,4)5)54-53(57)47-45-43-41-39-37-35-32-21-19-17-15-13-11-9-7-2/h15,17,19,21,44,46,51-52,56H,6-14,16,18,20,22-43,45,47-50H2,1-5H3,(H-,54,57,58,59)/b17-15-,21-19-,46-44+. The molecule has 0 fully saturated rings. The number of nitrogens with zero attached hydrogens (tertiary/aromatic N) is 1. The third-order valence-electron chi connectivity index (χ3n) is 11.9. The van der Waals surface area contributed by atoms with Crippen LogP contribution in [0.1, 0.15) is 245 Å². The molecule has 3 atom stereocenters. The van der Waals surface area contributed by atoms with Gasteiger partial charge in [0.25, 0.3) is 7.82 Å². The van der Waals surface area contributed by atoms with Gasteiger partial charge in [0, 0.05) is 6.42 Å². The molecule has 1 amide bonds. The summed E-state index contributed by atoms with van der Waals surface area (Å²) in [6.07, 6.45) is 56.4. The predicted molar refractivity (Wildman–Crippen MR) is 265 cm³/mol. The maximum Gasteiger partial charge on any atom is 0.268 e. The third kappa shape index (κ3) is 46.7. The number of quaternary nitrogens is 1. The summed E-state index contributed by atoms with van der Waals surface area (Å²) in [5.74, 6) is -0.208. The molecular formula is C53H103N2O6P. The molecule has 0 bridgehead atoms. The zero-order valence-electron chi connectivity index (χ0n) is 41.6. The number of nitrogens with one attached hydrogen (secondary N) is 1. The van der Waals surface area contributed by atoms with Crippen LogP contribution in [0.5, 0.6) is 0 Å². The molecule has 0 aromatic heterocycles. The second kappa shape index (κ2) is 44.9. The highest BCUT2D eigenvalue weighted by Crippen LogP contribution is 2.38. The van der Waals surface area contributed by atoms with Gasteiger partial charge in [-0.2, -0.15) is 0 Å². The van der Waals surface area contributed by atoms with Crippen molar-refractivity contribution in [3.05, 3.63) is 36.5 Å². The molecule has 8 nitrogen and oxygen atoms in total. The van der Waals surface area contributed by atoms with Gasteiger partial charge in [0.2, 0.25) is 5.91 Å². The van der Waals surface area contributed by atoms with Gasteiger partial charge in [-0.1, -0.05) is 230 Å². The molecule has 0 radical (unpaired) electrons. The minimum atomic E-state index is -4.60. The number of aliphatic hydroxyl groups excluding tert-OH is 1. The van der Waals surface area contributed by atoms with E-state index in [0.717, 1.165) is 57.8 Å². The van der Waals surface area contributed by atoms with Crippen molar-refractivity contribution in [1.29, 1.82) is 0 Å². The van der Waals surface area contributed by atoms with Gasteiger partial charge in [0.15, 0.2) is 0 Å². The number of hydrogen-bond donors (Lipinski definition) is 2. The highest BCUT2D eigenvalue weighted by atomic mass is 31.2. The van der Waals surface area contributed by atoms with Crippen LogP contribution in [-0.2, 0) is 18.4 Å². The van der Waals surface area contributed by atoms with Crippen LogP contribution in [-0.4, -0.2) is 68.5 Å². The van der Waals surface area contributed by atoms with Crippen LogP contribution in [0.3, 0.4) is 0 Å². The monoisotopic (exact) mass is 895 g/mol. The molecule has 366 valence electrons. The summed E-state index contributed by atoms with van der Waals surface area (Å²) in [6.45, 7) is 4.63. The van der Waals surface area contributed by atoms with Crippen molar-refractivity contribution in [2.45, 2.75) is 257 Å². The fourth-order valence-corrected chi connectivity index (χ4v) is 8.40. The van der Waals surface area contributed by atoms with E-state index in [1.165, 1.54) is 167 Å². The number of hydrogen-bond acceptors (Lipinski definition) is 6. The molecule has 0 heterocycles. The van der Waals surface area contributed by atoms with E-state index in [4.69, 9.17) is 9.05 Å². The Morgan fingerprint density at radius 2 is 0.919 bits per heavy atom. The Morgan fingerprint density at radius 1 is 0.565 bits per heavy atom. The van der Waals surface area contributed by atoms with Gasteiger partial charge in [-0.3, -0.25) is 9.36 Å². The van der Waals surface area contributed by atoms with Crippen molar-refractivity contribution < 1.29 is 32.9 Å². The average molecular weight is 895 g/mol. The quantitative estimate of drug-likeness (QED) is 0.0207. The molecule has 0 aromatic rings. The van der Waals surface area contributed by atoms with Crippen LogP contribution in [0.2, 0.25) is 0 Å². The molecular weight excluding hydrogens is 792 g/mol. The second-order valence-electron chi connectivity index (χ2n) is 19.3. The van der Waals surface area contributed by atoms with Gasteiger partial charge in [0.05, 0.1) is 39.9 Å². The summed E-state index contributed by atoms with van der Waals surface area (Å²) >= 11 is 0. The van der Waals surface area contributed by atoms with E-state index in [2.05, 4.69) is 43.5 Å². The summed E-state index contributed by atoms with van der Waals surface area (Å²) in [5.41, 5.74) is 0. The SMILES string of the molecule is CCCCC/C=C\C=C/CCCCCCCCC(=O)NC(COP(=O)([O-])OCC[N+](C)(C)C)C(O)/C=C/CCCCCCCCCCCCCCCCCCCCCCCCC. The first-order chi connectivity index (χ1) is 30.0. The van der Waals surface area contributed by atoms with Crippen LogP contribution in [0, 0.1) is 0 Å². The van der Waals surface area contributed by atoms with Crippen molar-refractivity contribution in [2.75, 3.05) is 40.9 Å². The van der Waals surface area contributed by atoms with E-state index < -0.39 is 20.0 Å². The van der Waals surface area contributed by atoms with Gasteiger partial charge in [-0.25, -0.2) is 0 Å². The Bertz CT molecular complexity index is 1110. The highest BCUT2D eigenvalue weighted by molar-refractivity contribution is 7.45. The van der Waals surface area contributed by atoms with Crippen molar-refractivity contribution in [2.24, 2.45) is 0 Å². The lowest BCUT2D eigenvalue weighted by atomic mass is 10.0. The van der Waals surface area contributed by atoms with Gasteiger partial charge < -0.3 is 28.8 Å². The number of amides is 1. The number of unbranched alkanes of at least 4 members (excludes halogenated alkanes) is 32. The molecule has 0 aliphatic heterocycles. The summed E-state index contributed by atoms with van der Waals surface area (Å²) in [6, 6.07) is -0.892. The van der Waals surface area contributed by atoms with Crippen molar-refractivity contribution >= 4 is 13.7 Å². The topological polar surface area (TPSA) is 108 Å². The normalized spacial score (nSPS) is 14.4. The average Bonchev–Trinajstić information content (AvgIpc) is 3.23.